The number of carbonyl (C=O) groups excluding carboxylic acids is 2. The van der Waals surface area contributed by atoms with Gasteiger partial charge in [0, 0.05) is 37.8 Å². The lowest BCUT2D eigenvalue weighted by atomic mass is 9.76. The molecule has 1 aromatic rings. The molecule has 0 radical (unpaired) electrons. The minimum absolute atomic E-state index is 0.144. The molecule has 142 valence electrons. The van der Waals surface area contributed by atoms with Crippen LogP contribution in [-0.4, -0.2) is 54.5 Å². The fourth-order valence-electron chi connectivity index (χ4n) is 4.85. The Morgan fingerprint density at radius 1 is 1.33 bits per heavy atom. The Bertz CT molecular complexity index is 803. The number of fused-ring (bicyclic) bond motifs is 4. The first-order valence-electron chi connectivity index (χ1n) is 9.52. The monoisotopic (exact) mass is 368 g/mol. The molecule has 3 aliphatic rings. The van der Waals surface area contributed by atoms with Crippen molar-refractivity contribution in [3.05, 3.63) is 23.8 Å². The van der Waals surface area contributed by atoms with E-state index in [-0.39, 0.29) is 18.0 Å². The number of amides is 3. The number of urea groups is 1. The molecule has 3 saturated heterocycles. The molecule has 7 nitrogen and oxygen atoms in total. The van der Waals surface area contributed by atoms with Crippen LogP contribution < -0.4 is 10.1 Å². The van der Waals surface area contributed by atoms with Crippen LogP contribution in [0, 0.1) is 23.2 Å². The van der Waals surface area contributed by atoms with Gasteiger partial charge in [-0.2, -0.15) is 5.26 Å². The molecule has 0 unspecified atom stereocenters. The molecule has 0 spiro atoms. The van der Waals surface area contributed by atoms with Crippen molar-refractivity contribution in [2.75, 3.05) is 32.1 Å². The number of hydrogen-bond donors (Lipinski definition) is 1. The number of hydrogen-bond acceptors (Lipinski definition) is 4. The Labute approximate surface area is 158 Å². The van der Waals surface area contributed by atoms with E-state index in [9.17, 15) is 14.9 Å². The second-order valence-electron chi connectivity index (χ2n) is 7.73. The van der Waals surface area contributed by atoms with Gasteiger partial charge in [-0.1, -0.05) is 0 Å². The first-order valence-corrected chi connectivity index (χ1v) is 9.52. The van der Waals surface area contributed by atoms with E-state index < -0.39 is 0 Å². The zero-order valence-electron chi connectivity index (χ0n) is 15.5. The van der Waals surface area contributed by atoms with Crippen molar-refractivity contribution < 1.29 is 14.3 Å². The molecule has 2 bridgehead atoms. The first-order chi connectivity index (χ1) is 13.1. The molecule has 7 heteroatoms. The zero-order chi connectivity index (χ0) is 19.0. The summed E-state index contributed by atoms with van der Waals surface area (Å²) in [7, 11) is 1.51. The molecule has 0 saturated carbocycles. The fourth-order valence-corrected chi connectivity index (χ4v) is 4.85. The van der Waals surface area contributed by atoms with E-state index in [4.69, 9.17) is 4.74 Å². The van der Waals surface area contributed by atoms with Crippen molar-refractivity contribution in [3.8, 4) is 11.8 Å². The first kappa shape index (κ1) is 17.7. The minimum Gasteiger partial charge on any atom is -0.495 e. The fraction of sp³-hybridized carbons (Fsp3) is 0.550. The lowest BCUT2D eigenvalue weighted by molar-refractivity contribution is -0.144. The summed E-state index contributed by atoms with van der Waals surface area (Å²) in [5.41, 5.74) is 0.977. The van der Waals surface area contributed by atoms with Crippen molar-refractivity contribution in [1.29, 1.82) is 5.26 Å². The molecule has 3 amide bonds. The molecule has 0 aromatic heterocycles. The number of nitrogens with one attached hydrogen (secondary N) is 1. The lowest BCUT2D eigenvalue weighted by Crippen LogP contribution is -2.61. The van der Waals surface area contributed by atoms with E-state index in [1.54, 1.807) is 18.2 Å². The summed E-state index contributed by atoms with van der Waals surface area (Å²) >= 11 is 0. The topological polar surface area (TPSA) is 85.7 Å². The van der Waals surface area contributed by atoms with E-state index >= 15 is 0 Å². The SMILES string of the molecule is COc1ccc(NC(=O)N2C[C@H]3C[C@@H](C2)[C@@H]2CCCC(=O)N2C3)cc1C#N. The zero-order valence-corrected chi connectivity index (χ0v) is 15.5. The average molecular weight is 368 g/mol. The summed E-state index contributed by atoms with van der Waals surface area (Å²) in [4.78, 5) is 29.0. The predicted molar refractivity (Wildman–Crippen MR) is 99.2 cm³/mol. The normalized spacial score (nSPS) is 26.8. The molecule has 1 N–H and O–H groups in total. The van der Waals surface area contributed by atoms with Crippen LogP contribution >= 0.6 is 0 Å². The standard InChI is InChI=1S/C20H24N4O3/c1-27-18-6-5-16(8-14(18)9-21)22-20(26)23-10-13-7-15(12-23)17-3-2-4-19(25)24(17)11-13/h5-6,8,13,15,17H,2-4,7,10-12H2,1H3,(H,22,26)/t13-,15+,17+/m1/s1. The number of nitrogens with zero attached hydrogens (tertiary/aromatic N) is 3. The highest BCUT2D eigenvalue weighted by molar-refractivity contribution is 5.90. The van der Waals surface area contributed by atoms with Gasteiger partial charge in [0.15, 0.2) is 0 Å². The van der Waals surface area contributed by atoms with Gasteiger partial charge < -0.3 is 19.9 Å². The Morgan fingerprint density at radius 2 is 2.19 bits per heavy atom. The van der Waals surface area contributed by atoms with Crippen LogP contribution in [0.4, 0.5) is 10.5 Å². The summed E-state index contributed by atoms with van der Waals surface area (Å²) in [5, 5.41) is 12.1. The second kappa shape index (κ2) is 7.10. The molecule has 1 aromatic carbocycles. The number of ether oxygens (including phenoxy) is 1. The summed E-state index contributed by atoms with van der Waals surface area (Å²) in [6, 6.07) is 7.27. The summed E-state index contributed by atoms with van der Waals surface area (Å²) in [6.45, 7) is 2.11. The Balaban J connectivity index is 1.45. The van der Waals surface area contributed by atoms with Crippen LogP contribution in [0.5, 0.6) is 5.75 Å². The Hall–Kier alpha value is -2.75. The molecule has 4 rings (SSSR count). The maximum absolute atomic E-state index is 12.8. The van der Waals surface area contributed by atoms with E-state index in [0.29, 0.717) is 48.3 Å². The number of likely N-dealkylation sites (tertiary alicyclic amines) is 1. The Kier molecular flexibility index (Phi) is 4.65. The number of carbonyl (C=O) groups is 2. The summed E-state index contributed by atoms with van der Waals surface area (Å²) in [6.07, 6.45) is 3.76. The van der Waals surface area contributed by atoms with Crippen LogP contribution in [0.1, 0.15) is 31.2 Å². The largest absolute Gasteiger partial charge is 0.495 e. The van der Waals surface area contributed by atoms with Gasteiger partial charge >= 0.3 is 6.03 Å². The minimum atomic E-state index is -0.144. The van der Waals surface area contributed by atoms with E-state index in [1.807, 2.05) is 4.90 Å². The third-order valence-corrected chi connectivity index (χ3v) is 6.04. The molecule has 3 atom stereocenters. The van der Waals surface area contributed by atoms with Gasteiger partial charge in [-0.15, -0.1) is 0 Å². The highest BCUT2D eigenvalue weighted by Crippen LogP contribution is 2.38. The molecular weight excluding hydrogens is 344 g/mol. The van der Waals surface area contributed by atoms with Gasteiger partial charge in [-0.3, -0.25) is 4.79 Å². The number of benzene rings is 1. The summed E-state index contributed by atoms with van der Waals surface area (Å²) < 4.78 is 5.14. The maximum Gasteiger partial charge on any atom is 0.321 e. The lowest BCUT2D eigenvalue weighted by Gasteiger charge is -2.52. The van der Waals surface area contributed by atoms with Gasteiger partial charge in [0.1, 0.15) is 11.8 Å². The van der Waals surface area contributed by atoms with Gasteiger partial charge in [0.05, 0.1) is 12.7 Å². The molecule has 3 aliphatic heterocycles. The van der Waals surface area contributed by atoms with Crippen LogP contribution in [0.2, 0.25) is 0 Å². The average Bonchev–Trinajstić information content (AvgIpc) is 2.68. The Morgan fingerprint density at radius 3 is 2.96 bits per heavy atom. The summed E-state index contributed by atoms with van der Waals surface area (Å²) in [5.74, 6) is 1.47. The number of rotatable bonds is 2. The van der Waals surface area contributed by atoms with Crippen molar-refractivity contribution in [2.24, 2.45) is 11.8 Å². The highest BCUT2D eigenvalue weighted by Gasteiger charge is 2.44. The molecule has 27 heavy (non-hydrogen) atoms. The second-order valence-corrected chi connectivity index (χ2v) is 7.73. The molecule has 3 heterocycles. The molecular formula is C20H24N4O3. The van der Waals surface area contributed by atoms with E-state index in [1.165, 1.54) is 7.11 Å². The van der Waals surface area contributed by atoms with Gasteiger partial charge in [0.2, 0.25) is 5.91 Å². The number of piperidine rings is 3. The number of nitriles is 1. The van der Waals surface area contributed by atoms with E-state index in [2.05, 4.69) is 16.3 Å². The third kappa shape index (κ3) is 3.32. The van der Waals surface area contributed by atoms with Crippen LogP contribution in [-0.2, 0) is 4.79 Å². The van der Waals surface area contributed by atoms with Crippen molar-refractivity contribution in [2.45, 2.75) is 31.7 Å². The highest BCUT2D eigenvalue weighted by atomic mass is 16.5. The third-order valence-electron chi connectivity index (χ3n) is 6.04. The van der Waals surface area contributed by atoms with Gasteiger partial charge in [0.25, 0.3) is 0 Å². The molecule has 3 fully saturated rings. The maximum atomic E-state index is 12.8. The molecule has 0 aliphatic carbocycles. The predicted octanol–water partition coefficient (Wildman–Crippen LogP) is 2.43. The number of methoxy groups -OCH3 is 1. The van der Waals surface area contributed by atoms with Crippen LogP contribution in [0.15, 0.2) is 18.2 Å². The van der Waals surface area contributed by atoms with E-state index in [0.717, 1.165) is 25.8 Å². The smallest absolute Gasteiger partial charge is 0.321 e. The van der Waals surface area contributed by atoms with Gasteiger partial charge in [-0.05, 0) is 49.3 Å². The van der Waals surface area contributed by atoms with Crippen LogP contribution in [0.25, 0.3) is 0 Å². The van der Waals surface area contributed by atoms with Gasteiger partial charge in [-0.25, -0.2) is 4.79 Å². The van der Waals surface area contributed by atoms with Crippen LogP contribution in [0.3, 0.4) is 0 Å². The van der Waals surface area contributed by atoms with Crippen molar-refractivity contribution in [3.63, 3.8) is 0 Å². The quantitative estimate of drug-likeness (QED) is 0.869. The number of anilines is 1. The van der Waals surface area contributed by atoms with Crippen molar-refractivity contribution >= 4 is 17.6 Å². The van der Waals surface area contributed by atoms with Crippen molar-refractivity contribution in [1.82, 2.24) is 9.80 Å².